The van der Waals surface area contributed by atoms with Gasteiger partial charge >= 0.3 is 0 Å². The molecule has 2 aliphatic rings. The largest absolute Gasteiger partial charge is 0.364 e. The summed E-state index contributed by atoms with van der Waals surface area (Å²) in [5, 5.41) is 14.8. The molecular weight excluding hydrogens is 260 g/mol. The van der Waals surface area contributed by atoms with Gasteiger partial charge in [0, 0.05) is 29.4 Å². The molecule has 2 aliphatic heterocycles. The normalized spacial score (nSPS) is 26.0. The summed E-state index contributed by atoms with van der Waals surface area (Å²) in [6, 6.07) is 9.63. The summed E-state index contributed by atoms with van der Waals surface area (Å²) >= 11 is 0. The van der Waals surface area contributed by atoms with E-state index in [1.807, 2.05) is 6.92 Å². The maximum Gasteiger partial charge on any atom is 0.156 e. The molecule has 2 atom stereocenters. The third-order valence-electron chi connectivity index (χ3n) is 5.05. The first-order valence-electron chi connectivity index (χ1n) is 8.05. The number of aromatic nitrogens is 2. The van der Waals surface area contributed by atoms with Gasteiger partial charge in [0.25, 0.3) is 0 Å². The highest BCUT2D eigenvalue weighted by Crippen LogP contribution is 2.31. The minimum absolute atomic E-state index is 0.519. The van der Waals surface area contributed by atoms with E-state index in [1.165, 1.54) is 49.5 Å². The van der Waals surface area contributed by atoms with Crippen LogP contribution in [-0.2, 0) is 0 Å². The SMILES string of the molecule is Cc1nnc(NC2CCN3CCCCC23)c2ccccc12. The Kier molecular flexibility index (Phi) is 3.26. The van der Waals surface area contributed by atoms with Gasteiger partial charge < -0.3 is 5.32 Å². The molecule has 3 heterocycles. The van der Waals surface area contributed by atoms with Gasteiger partial charge in [-0.1, -0.05) is 30.7 Å². The van der Waals surface area contributed by atoms with Gasteiger partial charge in [-0.05, 0) is 32.7 Å². The van der Waals surface area contributed by atoms with E-state index < -0.39 is 0 Å². The van der Waals surface area contributed by atoms with Gasteiger partial charge in [0.05, 0.1) is 5.69 Å². The molecule has 1 N–H and O–H groups in total. The van der Waals surface area contributed by atoms with E-state index in [0.29, 0.717) is 12.1 Å². The minimum Gasteiger partial charge on any atom is -0.364 e. The molecule has 2 fully saturated rings. The third kappa shape index (κ3) is 2.27. The van der Waals surface area contributed by atoms with Crippen molar-refractivity contribution in [2.24, 2.45) is 0 Å². The average Bonchev–Trinajstić information content (AvgIpc) is 2.94. The molecule has 110 valence electrons. The number of nitrogens with zero attached hydrogens (tertiary/aromatic N) is 3. The van der Waals surface area contributed by atoms with Crippen molar-refractivity contribution in [3.05, 3.63) is 30.0 Å². The fraction of sp³-hybridized carbons (Fsp3) is 0.529. The van der Waals surface area contributed by atoms with E-state index in [0.717, 1.165) is 11.5 Å². The zero-order chi connectivity index (χ0) is 14.2. The van der Waals surface area contributed by atoms with Crippen molar-refractivity contribution in [2.45, 2.75) is 44.7 Å². The van der Waals surface area contributed by atoms with E-state index in [1.54, 1.807) is 0 Å². The molecule has 0 saturated carbocycles. The summed E-state index contributed by atoms with van der Waals surface area (Å²) in [6.45, 7) is 4.51. The summed E-state index contributed by atoms with van der Waals surface area (Å²) < 4.78 is 0. The fourth-order valence-electron chi connectivity index (χ4n) is 3.94. The zero-order valence-electron chi connectivity index (χ0n) is 12.5. The van der Waals surface area contributed by atoms with Gasteiger partial charge in [0.2, 0.25) is 0 Å². The quantitative estimate of drug-likeness (QED) is 0.919. The lowest BCUT2D eigenvalue weighted by atomic mass is 9.99. The topological polar surface area (TPSA) is 41.1 Å². The lowest BCUT2D eigenvalue weighted by molar-refractivity contribution is 0.192. The third-order valence-corrected chi connectivity index (χ3v) is 5.05. The molecule has 21 heavy (non-hydrogen) atoms. The lowest BCUT2D eigenvalue weighted by Crippen LogP contribution is -2.41. The standard InChI is InChI=1S/C17H22N4/c1-12-13-6-2-3-7-14(13)17(20-19-12)18-15-9-11-21-10-5-4-8-16(15)21/h2-3,6-7,15-16H,4-5,8-11H2,1H3,(H,18,20). The first-order chi connectivity index (χ1) is 10.3. The zero-order valence-corrected chi connectivity index (χ0v) is 12.5. The van der Waals surface area contributed by atoms with Crippen molar-refractivity contribution in [1.29, 1.82) is 0 Å². The van der Waals surface area contributed by atoms with Crippen LogP contribution in [0.5, 0.6) is 0 Å². The van der Waals surface area contributed by atoms with Crippen molar-refractivity contribution in [3.8, 4) is 0 Å². The van der Waals surface area contributed by atoms with Crippen molar-refractivity contribution in [2.75, 3.05) is 18.4 Å². The smallest absolute Gasteiger partial charge is 0.156 e. The Balaban J connectivity index is 1.64. The van der Waals surface area contributed by atoms with Gasteiger partial charge in [-0.25, -0.2) is 0 Å². The molecule has 2 unspecified atom stereocenters. The van der Waals surface area contributed by atoms with Crippen molar-refractivity contribution in [3.63, 3.8) is 0 Å². The van der Waals surface area contributed by atoms with E-state index in [9.17, 15) is 0 Å². The van der Waals surface area contributed by atoms with Crippen LogP contribution in [0.3, 0.4) is 0 Å². The van der Waals surface area contributed by atoms with E-state index >= 15 is 0 Å². The van der Waals surface area contributed by atoms with Crippen LogP contribution in [0.15, 0.2) is 24.3 Å². The molecule has 2 aromatic rings. The highest BCUT2D eigenvalue weighted by molar-refractivity contribution is 5.92. The van der Waals surface area contributed by atoms with Crippen LogP contribution >= 0.6 is 0 Å². The molecule has 2 saturated heterocycles. The number of nitrogens with one attached hydrogen (secondary N) is 1. The molecule has 4 nitrogen and oxygen atoms in total. The second-order valence-electron chi connectivity index (χ2n) is 6.32. The van der Waals surface area contributed by atoms with Gasteiger partial charge in [-0.2, -0.15) is 5.10 Å². The Bertz CT molecular complexity index is 654. The number of rotatable bonds is 2. The van der Waals surface area contributed by atoms with Crippen molar-refractivity contribution in [1.82, 2.24) is 15.1 Å². The molecule has 1 aromatic carbocycles. The molecule has 0 amide bonds. The molecule has 0 bridgehead atoms. The van der Waals surface area contributed by atoms with Crippen LogP contribution in [0.25, 0.3) is 10.8 Å². The summed E-state index contributed by atoms with van der Waals surface area (Å²) in [5.41, 5.74) is 1.00. The first kappa shape index (κ1) is 13.0. The van der Waals surface area contributed by atoms with Crippen molar-refractivity contribution >= 4 is 16.6 Å². The van der Waals surface area contributed by atoms with E-state index in [4.69, 9.17) is 0 Å². The van der Waals surface area contributed by atoms with Gasteiger partial charge in [-0.15, -0.1) is 5.10 Å². The first-order valence-corrected chi connectivity index (χ1v) is 8.05. The average molecular weight is 282 g/mol. The van der Waals surface area contributed by atoms with E-state index in [-0.39, 0.29) is 0 Å². The molecular formula is C17H22N4. The van der Waals surface area contributed by atoms with E-state index in [2.05, 4.69) is 44.7 Å². The molecule has 0 spiro atoms. The molecule has 0 aliphatic carbocycles. The molecule has 1 aromatic heterocycles. The number of anilines is 1. The summed E-state index contributed by atoms with van der Waals surface area (Å²) in [5.74, 6) is 0.952. The summed E-state index contributed by atoms with van der Waals surface area (Å²) in [7, 11) is 0. The second kappa shape index (κ2) is 5.26. The monoisotopic (exact) mass is 282 g/mol. The van der Waals surface area contributed by atoms with Crippen LogP contribution in [-0.4, -0.2) is 40.3 Å². The van der Waals surface area contributed by atoms with Crippen molar-refractivity contribution < 1.29 is 0 Å². The summed E-state index contributed by atoms with van der Waals surface area (Å²) in [4.78, 5) is 2.64. The van der Waals surface area contributed by atoms with Gasteiger partial charge in [0.1, 0.15) is 0 Å². The van der Waals surface area contributed by atoms with Crippen LogP contribution in [0.2, 0.25) is 0 Å². The van der Waals surface area contributed by atoms with Gasteiger partial charge in [-0.3, -0.25) is 4.90 Å². The number of aryl methyl sites for hydroxylation is 1. The maximum absolute atomic E-state index is 4.43. The fourth-order valence-corrected chi connectivity index (χ4v) is 3.94. The lowest BCUT2D eigenvalue weighted by Gasteiger charge is -2.32. The number of piperidine rings is 1. The van der Waals surface area contributed by atoms with Crippen LogP contribution in [0, 0.1) is 6.92 Å². The van der Waals surface area contributed by atoms with Crippen LogP contribution in [0.4, 0.5) is 5.82 Å². The molecule has 4 rings (SSSR count). The van der Waals surface area contributed by atoms with Crippen LogP contribution in [0.1, 0.15) is 31.4 Å². The van der Waals surface area contributed by atoms with Crippen LogP contribution < -0.4 is 5.32 Å². The number of benzene rings is 1. The predicted octanol–water partition coefficient (Wildman–Crippen LogP) is 2.98. The molecule has 0 radical (unpaired) electrons. The Morgan fingerprint density at radius 2 is 1.90 bits per heavy atom. The number of hydrogen-bond donors (Lipinski definition) is 1. The second-order valence-corrected chi connectivity index (χ2v) is 6.32. The Morgan fingerprint density at radius 1 is 1.05 bits per heavy atom. The predicted molar refractivity (Wildman–Crippen MR) is 85.5 cm³/mol. The minimum atomic E-state index is 0.519. The Hall–Kier alpha value is -1.68. The highest BCUT2D eigenvalue weighted by atomic mass is 15.3. The summed E-state index contributed by atoms with van der Waals surface area (Å²) in [6.07, 6.45) is 5.25. The number of hydrogen-bond acceptors (Lipinski definition) is 4. The van der Waals surface area contributed by atoms with Gasteiger partial charge in [0.15, 0.2) is 5.82 Å². The Labute approximate surface area is 125 Å². The highest BCUT2D eigenvalue weighted by Gasteiger charge is 2.35. The number of fused-ring (bicyclic) bond motifs is 2. The maximum atomic E-state index is 4.43. The Morgan fingerprint density at radius 3 is 2.81 bits per heavy atom. The molecule has 4 heteroatoms.